The molecule has 0 amide bonds. The molecule has 2 atom stereocenters. The van der Waals surface area contributed by atoms with Crippen LogP contribution in [0.1, 0.15) is 25.0 Å². The molecule has 8 heteroatoms. The van der Waals surface area contributed by atoms with Crippen LogP contribution < -0.4 is 0 Å². The molecule has 0 spiro atoms. The van der Waals surface area contributed by atoms with Crippen LogP contribution in [0.5, 0.6) is 0 Å². The van der Waals surface area contributed by atoms with Gasteiger partial charge in [-0.3, -0.25) is 0 Å². The van der Waals surface area contributed by atoms with E-state index in [-0.39, 0.29) is 9.74 Å². The smallest absolute Gasteiger partial charge is 0.0918 e. The van der Waals surface area contributed by atoms with Crippen molar-refractivity contribution < 1.29 is 0 Å². The summed E-state index contributed by atoms with van der Waals surface area (Å²) in [6.45, 7) is 4.44. The van der Waals surface area contributed by atoms with E-state index in [0.29, 0.717) is 0 Å². The number of benzene rings is 1. The summed E-state index contributed by atoms with van der Waals surface area (Å²) in [6.07, 6.45) is 0. The standard InChI is InChI=1S/C12H8Br8/c1-10(3-13)4-5(12(19,20)11(10,2)18)7(15)9(17)8(16)6(4)14/h3H2,1-2H3. The second kappa shape index (κ2) is 6.10. The van der Waals surface area contributed by atoms with E-state index in [4.69, 9.17) is 0 Å². The molecule has 112 valence electrons. The van der Waals surface area contributed by atoms with Crippen molar-refractivity contribution in [1.82, 2.24) is 0 Å². The highest BCUT2D eigenvalue weighted by Crippen LogP contribution is 2.70. The van der Waals surface area contributed by atoms with Crippen LogP contribution in [0.15, 0.2) is 17.9 Å². The molecule has 0 saturated heterocycles. The Hall–Kier alpha value is 3.06. The Balaban J connectivity index is 3.03. The fourth-order valence-electron chi connectivity index (χ4n) is 2.45. The van der Waals surface area contributed by atoms with E-state index in [1.165, 1.54) is 11.1 Å². The number of halogens is 8. The number of alkyl halides is 4. The molecule has 0 bridgehead atoms. The Bertz CT molecular complexity index is 592. The van der Waals surface area contributed by atoms with Crippen LogP contribution >= 0.6 is 127 Å². The van der Waals surface area contributed by atoms with E-state index in [0.717, 1.165) is 23.2 Å². The minimum atomic E-state index is -0.393. The molecule has 1 aliphatic carbocycles. The van der Waals surface area contributed by atoms with Gasteiger partial charge in [-0.15, -0.1) is 0 Å². The third kappa shape index (κ3) is 2.35. The maximum atomic E-state index is 3.95. The Morgan fingerprint density at radius 1 is 0.750 bits per heavy atom. The van der Waals surface area contributed by atoms with E-state index in [1.807, 2.05) is 0 Å². The lowest BCUT2D eigenvalue weighted by Gasteiger charge is -2.41. The highest BCUT2D eigenvalue weighted by atomic mass is 79.9. The molecular weight excluding hydrogens is 783 g/mol. The molecule has 1 aromatic rings. The first-order valence-electron chi connectivity index (χ1n) is 5.44. The van der Waals surface area contributed by atoms with Crippen LogP contribution in [-0.4, -0.2) is 9.65 Å². The van der Waals surface area contributed by atoms with Crippen molar-refractivity contribution in [3.8, 4) is 0 Å². The molecule has 20 heavy (non-hydrogen) atoms. The summed E-state index contributed by atoms with van der Waals surface area (Å²) in [4.78, 5) is 0. The van der Waals surface area contributed by atoms with Crippen LogP contribution in [-0.2, 0) is 8.65 Å². The largest absolute Gasteiger partial charge is 0.123 e. The summed E-state index contributed by atoms with van der Waals surface area (Å²) < 4.78 is 3.48. The highest BCUT2D eigenvalue weighted by Gasteiger charge is 2.64. The zero-order valence-electron chi connectivity index (χ0n) is 10.2. The Labute approximate surface area is 186 Å². The second-order valence-electron chi connectivity index (χ2n) is 5.05. The van der Waals surface area contributed by atoms with Gasteiger partial charge in [0.2, 0.25) is 0 Å². The Morgan fingerprint density at radius 3 is 1.55 bits per heavy atom. The van der Waals surface area contributed by atoms with Crippen molar-refractivity contribution in [3.05, 3.63) is 29.0 Å². The van der Waals surface area contributed by atoms with Gasteiger partial charge in [0, 0.05) is 34.2 Å². The molecule has 0 saturated carbocycles. The summed E-state index contributed by atoms with van der Waals surface area (Å²) in [7, 11) is 0. The van der Waals surface area contributed by atoms with Gasteiger partial charge in [-0.05, 0) is 76.2 Å². The zero-order chi connectivity index (χ0) is 15.7. The van der Waals surface area contributed by atoms with Gasteiger partial charge in [0.25, 0.3) is 0 Å². The molecule has 0 N–H and O–H groups in total. The minimum Gasteiger partial charge on any atom is -0.0918 e. The minimum absolute atomic E-state index is 0.125. The summed E-state index contributed by atoms with van der Waals surface area (Å²) in [5.74, 6) is 0. The van der Waals surface area contributed by atoms with Crippen LogP contribution in [0.25, 0.3) is 0 Å². The molecule has 0 fully saturated rings. The van der Waals surface area contributed by atoms with Gasteiger partial charge >= 0.3 is 0 Å². The predicted octanol–water partition coefficient (Wildman–Crippen LogP) is 8.50. The zero-order valence-corrected chi connectivity index (χ0v) is 22.9. The van der Waals surface area contributed by atoms with Gasteiger partial charge in [0.15, 0.2) is 0 Å². The maximum absolute atomic E-state index is 3.95. The van der Waals surface area contributed by atoms with Gasteiger partial charge in [-0.2, -0.15) is 0 Å². The molecule has 2 rings (SSSR count). The van der Waals surface area contributed by atoms with Crippen LogP contribution in [0.4, 0.5) is 0 Å². The number of hydrogen-bond acceptors (Lipinski definition) is 0. The van der Waals surface area contributed by atoms with Crippen molar-refractivity contribution in [2.45, 2.75) is 26.8 Å². The average Bonchev–Trinajstić information content (AvgIpc) is 2.49. The van der Waals surface area contributed by atoms with Gasteiger partial charge in [-0.25, -0.2) is 0 Å². The summed E-state index contributed by atoms with van der Waals surface area (Å²) >= 11 is 30.2. The third-order valence-corrected chi connectivity index (χ3v) is 14.8. The number of fused-ring (bicyclic) bond motifs is 1. The van der Waals surface area contributed by atoms with E-state index in [2.05, 4.69) is 141 Å². The lowest BCUT2D eigenvalue weighted by Crippen LogP contribution is -2.46. The van der Waals surface area contributed by atoms with E-state index in [9.17, 15) is 0 Å². The van der Waals surface area contributed by atoms with Gasteiger partial charge < -0.3 is 0 Å². The molecule has 2 unspecified atom stereocenters. The Morgan fingerprint density at radius 2 is 1.15 bits per heavy atom. The second-order valence-corrected chi connectivity index (χ2v) is 13.8. The summed E-state index contributed by atoms with van der Waals surface area (Å²) in [5.41, 5.74) is 2.31. The number of rotatable bonds is 1. The predicted molar refractivity (Wildman–Crippen MR) is 115 cm³/mol. The molecule has 0 radical (unpaired) electrons. The molecule has 0 heterocycles. The summed E-state index contributed by atoms with van der Waals surface area (Å²) in [5, 5.41) is 0.826. The monoisotopic (exact) mass is 783 g/mol. The molecule has 0 aliphatic heterocycles. The molecule has 1 aliphatic rings. The van der Waals surface area contributed by atoms with Crippen LogP contribution in [0.3, 0.4) is 0 Å². The van der Waals surface area contributed by atoms with Crippen LogP contribution in [0.2, 0.25) is 0 Å². The quantitative estimate of drug-likeness (QED) is 0.152. The van der Waals surface area contributed by atoms with Crippen molar-refractivity contribution in [1.29, 1.82) is 0 Å². The van der Waals surface area contributed by atoms with Crippen LogP contribution in [0, 0.1) is 0 Å². The van der Waals surface area contributed by atoms with Crippen molar-refractivity contribution in [2.24, 2.45) is 0 Å². The average molecular weight is 791 g/mol. The normalized spacial score (nSPS) is 31.5. The lowest BCUT2D eigenvalue weighted by atomic mass is 9.79. The van der Waals surface area contributed by atoms with E-state index >= 15 is 0 Å². The molecule has 0 aromatic heterocycles. The fraction of sp³-hybridized carbons (Fsp3) is 0.500. The number of hydrogen-bond donors (Lipinski definition) is 0. The van der Waals surface area contributed by atoms with Gasteiger partial charge in [-0.1, -0.05) is 70.6 Å². The first-order chi connectivity index (χ1) is 8.95. The first-order valence-corrected chi connectivity index (χ1v) is 12.1. The molecular formula is C12H8Br8. The fourth-order valence-corrected chi connectivity index (χ4v) is 9.26. The third-order valence-electron chi connectivity index (χ3n) is 4.03. The maximum Gasteiger partial charge on any atom is 0.123 e. The Kier molecular flexibility index (Phi) is 5.91. The van der Waals surface area contributed by atoms with Crippen molar-refractivity contribution >= 4 is 127 Å². The topological polar surface area (TPSA) is 0 Å². The van der Waals surface area contributed by atoms with E-state index in [1.54, 1.807) is 0 Å². The van der Waals surface area contributed by atoms with Gasteiger partial charge in [0.05, 0.1) is 4.32 Å². The SMILES string of the molecule is CC1(CBr)c2c(Br)c(Br)c(Br)c(Br)c2C(Br)(Br)C1(C)Br. The summed E-state index contributed by atoms with van der Waals surface area (Å²) in [6, 6.07) is 0. The van der Waals surface area contributed by atoms with Crippen molar-refractivity contribution in [2.75, 3.05) is 5.33 Å². The van der Waals surface area contributed by atoms with E-state index < -0.39 is 3.23 Å². The molecule has 0 nitrogen and oxygen atoms in total. The first kappa shape index (κ1) is 19.4. The molecule has 1 aromatic carbocycles. The van der Waals surface area contributed by atoms with Gasteiger partial charge in [0.1, 0.15) is 3.23 Å². The highest BCUT2D eigenvalue weighted by molar-refractivity contribution is 9.25. The van der Waals surface area contributed by atoms with Crippen molar-refractivity contribution in [3.63, 3.8) is 0 Å². The lowest BCUT2D eigenvalue weighted by molar-refractivity contribution is 0.428.